The molecule has 2 aromatic heterocycles. The fourth-order valence-corrected chi connectivity index (χ4v) is 3.73. The summed E-state index contributed by atoms with van der Waals surface area (Å²) in [6.45, 7) is 0.539. The molecule has 8 heteroatoms. The van der Waals surface area contributed by atoms with E-state index in [0.29, 0.717) is 40.6 Å². The number of hydrogen-bond acceptors (Lipinski definition) is 6. The lowest BCUT2D eigenvalue weighted by Crippen LogP contribution is -2.42. The van der Waals surface area contributed by atoms with Crippen molar-refractivity contribution in [3.8, 4) is 11.3 Å². The first-order valence-corrected chi connectivity index (χ1v) is 9.42. The molecular weight excluding hydrogens is 369 g/mol. The minimum atomic E-state index is -0.314. The third kappa shape index (κ3) is 3.49. The van der Waals surface area contributed by atoms with Crippen molar-refractivity contribution >= 4 is 17.3 Å². The average molecular weight is 391 g/mol. The quantitative estimate of drug-likeness (QED) is 0.291. The third-order valence-electron chi connectivity index (χ3n) is 5.52. The number of pyridine rings is 1. The van der Waals surface area contributed by atoms with E-state index in [0.717, 1.165) is 19.3 Å². The Morgan fingerprint density at radius 1 is 1.14 bits per heavy atom. The predicted octanol–water partition coefficient (Wildman–Crippen LogP) is 3.08. The van der Waals surface area contributed by atoms with E-state index < -0.39 is 0 Å². The molecule has 1 fully saturated rings. The first kappa shape index (κ1) is 18.8. The lowest BCUT2D eigenvalue weighted by molar-refractivity contribution is 0.243. The molecule has 7 nitrogen and oxygen atoms in total. The molecule has 0 radical (unpaired) electrons. The molecule has 1 aliphatic carbocycles. The zero-order chi connectivity index (χ0) is 20.4. The van der Waals surface area contributed by atoms with Gasteiger partial charge >= 0.3 is 0 Å². The maximum atomic E-state index is 14.2. The van der Waals surface area contributed by atoms with Crippen molar-refractivity contribution in [1.82, 2.24) is 15.2 Å². The van der Waals surface area contributed by atoms with Crippen molar-refractivity contribution in [2.75, 3.05) is 17.6 Å². The summed E-state index contributed by atoms with van der Waals surface area (Å²) in [6.07, 6.45) is 4.45. The maximum Gasteiger partial charge on any atom is 0.148 e. The number of hydrogen-bond donors (Lipinski definition) is 4. The van der Waals surface area contributed by atoms with Crippen LogP contribution in [0.2, 0.25) is 0 Å². The number of benzene rings is 1. The Hall–Kier alpha value is -3.55. The van der Waals surface area contributed by atoms with E-state index >= 15 is 0 Å². The van der Waals surface area contributed by atoms with Crippen LogP contribution in [0.5, 0.6) is 0 Å². The molecule has 0 spiro atoms. The van der Waals surface area contributed by atoms with Crippen LogP contribution in [0.4, 0.5) is 15.9 Å². The SMILES string of the molecule is N=C(N)c1cccc(-c2ccc(NCC3(c4ncccc4F)CCC3)nn2)c1N. The fourth-order valence-electron chi connectivity index (χ4n) is 3.73. The summed E-state index contributed by atoms with van der Waals surface area (Å²) < 4.78 is 14.2. The van der Waals surface area contributed by atoms with Gasteiger partial charge in [0, 0.05) is 29.3 Å². The van der Waals surface area contributed by atoms with Gasteiger partial charge in [0.05, 0.1) is 17.1 Å². The highest BCUT2D eigenvalue weighted by Crippen LogP contribution is 2.43. The molecule has 2 heterocycles. The molecule has 0 saturated heterocycles. The second-order valence-corrected chi connectivity index (χ2v) is 7.31. The molecule has 0 aliphatic heterocycles. The van der Waals surface area contributed by atoms with Gasteiger partial charge in [0.1, 0.15) is 17.5 Å². The Balaban J connectivity index is 1.52. The molecule has 0 amide bonds. The van der Waals surface area contributed by atoms with Gasteiger partial charge in [-0.3, -0.25) is 10.4 Å². The minimum absolute atomic E-state index is 0.0943. The number of nitrogens with zero attached hydrogens (tertiary/aromatic N) is 3. The van der Waals surface area contributed by atoms with Gasteiger partial charge in [-0.25, -0.2) is 4.39 Å². The van der Waals surface area contributed by atoms with Crippen LogP contribution in [-0.2, 0) is 5.41 Å². The number of nitrogen functional groups attached to an aromatic ring is 2. The third-order valence-corrected chi connectivity index (χ3v) is 5.52. The van der Waals surface area contributed by atoms with Crippen LogP contribution < -0.4 is 16.8 Å². The maximum absolute atomic E-state index is 14.2. The summed E-state index contributed by atoms with van der Waals surface area (Å²) >= 11 is 0. The molecule has 0 bridgehead atoms. The van der Waals surface area contributed by atoms with Gasteiger partial charge in [-0.05, 0) is 43.2 Å². The van der Waals surface area contributed by atoms with Crippen molar-refractivity contribution < 1.29 is 4.39 Å². The van der Waals surface area contributed by atoms with Crippen LogP contribution in [0.1, 0.15) is 30.5 Å². The number of halogens is 1. The van der Waals surface area contributed by atoms with Gasteiger partial charge in [0.2, 0.25) is 0 Å². The van der Waals surface area contributed by atoms with Crippen molar-refractivity contribution in [2.24, 2.45) is 5.73 Å². The number of aromatic nitrogens is 3. The zero-order valence-corrected chi connectivity index (χ0v) is 15.8. The highest BCUT2D eigenvalue weighted by Gasteiger charge is 2.41. The lowest BCUT2D eigenvalue weighted by Gasteiger charge is -2.41. The van der Waals surface area contributed by atoms with E-state index in [1.807, 2.05) is 12.1 Å². The van der Waals surface area contributed by atoms with Crippen LogP contribution in [0.25, 0.3) is 11.3 Å². The van der Waals surface area contributed by atoms with Gasteiger partial charge in [0.25, 0.3) is 0 Å². The number of rotatable bonds is 6. The Morgan fingerprint density at radius 2 is 1.97 bits per heavy atom. The molecule has 0 unspecified atom stereocenters. The topological polar surface area (TPSA) is 127 Å². The molecule has 1 saturated carbocycles. The first-order chi connectivity index (χ1) is 14.0. The van der Waals surface area contributed by atoms with E-state index in [-0.39, 0.29) is 17.1 Å². The highest BCUT2D eigenvalue weighted by atomic mass is 19.1. The Labute approximate surface area is 167 Å². The van der Waals surface area contributed by atoms with Gasteiger partial charge in [-0.15, -0.1) is 10.2 Å². The molecular formula is C21H22FN7. The van der Waals surface area contributed by atoms with Crippen molar-refractivity contribution in [1.29, 1.82) is 5.41 Å². The van der Waals surface area contributed by atoms with Gasteiger partial charge in [-0.1, -0.05) is 18.6 Å². The summed E-state index contributed by atoms with van der Waals surface area (Å²) in [7, 11) is 0. The molecule has 4 rings (SSSR count). The van der Waals surface area contributed by atoms with Gasteiger partial charge < -0.3 is 16.8 Å². The number of nitrogens with two attached hydrogens (primary N) is 2. The van der Waals surface area contributed by atoms with Crippen LogP contribution in [-0.4, -0.2) is 27.6 Å². The molecule has 0 atom stereocenters. The zero-order valence-electron chi connectivity index (χ0n) is 15.8. The molecule has 3 aromatic rings. The largest absolute Gasteiger partial charge is 0.398 e. The fraction of sp³-hybridized carbons (Fsp3) is 0.238. The molecule has 148 valence electrons. The van der Waals surface area contributed by atoms with Crippen LogP contribution in [0.15, 0.2) is 48.7 Å². The predicted molar refractivity (Wildman–Crippen MR) is 111 cm³/mol. The number of amidine groups is 1. The van der Waals surface area contributed by atoms with E-state index in [1.165, 1.54) is 6.07 Å². The smallest absolute Gasteiger partial charge is 0.148 e. The van der Waals surface area contributed by atoms with Crippen LogP contribution in [0.3, 0.4) is 0 Å². The normalized spacial score (nSPS) is 14.8. The van der Waals surface area contributed by atoms with E-state index in [1.54, 1.807) is 30.5 Å². The summed E-state index contributed by atoms with van der Waals surface area (Å²) in [5.41, 5.74) is 14.0. The highest BCUT2D eigenvalue weighted by molar-refractivity contribution is 6.02. The Morgan fingerprint density at radius 3 is 2.59 bits per heavy atom. The van der Waals surface area contributed by atoms with Gasteiger partial charge in [-0.2, -0.15) is 0 Å². The number of nitrogens with one attached hydrogen (secondary N) is 2. The Kier molecular flexibility index (Phi) is 4.84. The van der Waals surface area contributed by atoms with Crippen molar-refractivity contribution in [3.63, 3.8) is 0 Å². The lowest BCUT2D eigenvalue weighted by atomic mass is 9.66. The monoisotopic (exact) mass is 391 g/mol. The number of para-hydroxylation sites is 1. The van der Waals surface area contributed by atoms with Gasteiger partial charge in [0.15, 0.2) is 0 Å². The second-order valence-electron chi connectivity index (χ2n) is 7.31. The van der Waals surface area contributed by atoms with E-state index in [4.69, 9.17) is 16.9 Å². The molecule has 1 aromatic carbocycles. The number of anilines is 2. The molecule has 6 N–H and O–H groups in total. The van der Waals surface area contributed by atoms with Crippen molar-refractivity contribution in [3.05, 3.63) is 65.7 Å². The molecule has 1 aliphatic rings. The summed E-state index contributed by atoms with van der Waals surface area (Å²) in [5.74, 6) is 0.233. The molecule has 29 heavy (non-hydrogen) atoms. The van der Waals surface area contributed by atoms with Crippen LogP contribution in [0, 0.1) is 11.2 Å². The Bertz CT molecular complexity index is 1050. The van der Waals surface area contributed by atoms with E-state index in [2.05, 4.69) is 20.5 Å². The summed E-state index contributed by atoms with van der Waals surface area (Å²) in [4.78, 5) is 4.28. The average Bonchev–Trinajstić information content (AvgIpc) is 2.69. The minimum Gasteiger partial charge on any atom is -0.398 e. The standard InChI is InChI=1S/C21H22FN7/c22-15-6-2-11-26-19(15)21(9-3-10-21)12-27-17-8-7-16(28-29-17)13-4-1-5-14(18(13)23)20(24)25/h1-2,4-8,11H,3,9-10,12,23H2,(H3,24,25)(H,27,29). The van der Waals surface area contributed by atoms with E-state index in [9.17, 15) is 4.39 Å². The second kappa shape index (κ2) is 7.46. The van der Waals surface area contributed by atoms with Crippen molar-refractivity contribution in [2.45, 2.75) is 24.7 Å². The summed E-state index contributed by atoms with van der Waals surface area (Å²) in [6, 6.07) is 12.0. The van der Waals surface area contributed by atoms with Crippen LogP contribution >= 0.6 is 0 Å². The summed E-state index contributed by atoms with van der Waals surface area (Å²) in [5, 5.41) is 19.4. The first-order valence-electron chi connectivity index (χ1n) is 9.42.